The summed E-state index contributed by atoms with van der Waals surface area (Å²) >= 11 is 0. The van der Waals surface area contributed by atoms with Crippen molar-refractivity contribution in [2.24, 2.45) is 5.92 Å². The minimum Gasteiger partial charge on any atom is -0.493 e. The lowest BCUT2D eigenvalue weighted by Crippen LogP contribution is -2.35. The van der Waals surface area contributed by atoms with E-state index in [0.717, 1.165) is 13.1 Å². The summed E-state index contributed by atoms with van der Waals surface area (Å²) in [5, 5.41) is 8.91. The quantitative estimate of drug-likeness (QED) is 0.708. The number of benzene rings is 1. The molecule has 2 rings (SSSR count). The molecule has 1 aliphatic rings. The Morgan fingerprint density at radius 2 is 2.12 bits per heavy atom. The van der Waals surface area contributed by atoms with Crippen LogP contribution < -0.4 is 9.47 Å². The smallest absolute Gasteiger partial charge is 0.222 e. The van der Waals surface area contributed by atoms with Gasteiger partial charge < -0.3 is 19.3 Å². The first-order valence-corrected chi connectivity index (χ1v) is 8.61. The SMILES string of the molecule is COc1cc(C#N)ccc1OCCCC(=O)N1C[C@@H](C)[C@H](N(C)C)C1. The molecule has 0 aromatic heterocycles. The molecule has 0 unspecified atom stereocenters. The highest BCUT2D eigenvalue weighted by Crippen LogP contribution is 2.28. The zero-order chi connectivity index (χ0) is 18.4. The van der Waals surface area contributed by atoms with E-state index in [-0.39, 0.29) is 5.91 Å². The molecule has 0 aliphatic carbocycles. The first-order valence-electron chi connectivity index (χ1n) is 8.61. The highest BCUT2D eigenvalue weighted by Gasteiger charge is 2.33. The number of rotatable bonds is 7. The molecule has 1 saturated heterocycles. The summed E-state index contributed by atoms with van der Waals surface area (Å²) in [6.07, 6.45) is 1.13. The Morgan fingerprint density at radius 3 is 2.72 bits per heavy atom. The second kappa shape index (κ2) is 8.72. The Bertz CT molecular complexity index is 639. The number of nitriles is 1. The van der Waals surface area contributed by atoms with Gasteiger partial charge in [-0.25, -0.2) is 0 Å². The maximum absolute atomic E-state index is 12.4. The van der Waals surface area contributed by atoms with Crippen LogP contribution in [0.5, 0.6) is 11.5 Å². The largest absolute Gasteiger partial charge is 0.493 e. The lowest BCUT2D eigenvalue weighted by Gasteiger charge is -2.22. The lowest BCUT2D eigenvalue weighted by molar-refractivity contribution is -0.130. The first kappa shape index (κ1) is 19.1. The van der Waals surface area contributed by atoms with Crippen LogP contribution in [0.15, 0.2) is 18.2 Å². The summed E-state index contributed by atoms with van der Waals surface area (Å²) in [4.78, 5) is 16.5. The van der Waals surface area contributed by atoms with E-state index in [0.29, 0.717) is 48.5 Å². The van der Waals surface area contributed by atoms with Crippen LogP contribution in [-0.4, -0.2) is 62.7 Å². The van der Waals surface area contributed by atoms with E-state index in [2.05, 4.69) is 32.0 Å². The number of methoxy groups -OCH3 is 1. The number of carbonyl (C=O) groups is 1. The van der Waals surface area contributed by atoms with Crippen molar-refractivity contribution in [3.05, 3.63) is 23.8 Å². The van der Waals surface area contributed by atoms with Gasteiger partial charge in [-0.2, -0.15) is 5.26 Å². The van der Waals surface area contributed by atoms with Crippen molar-refractivity contribution < 1.29 is 14.3 Å². The second-order valence-corrected chi connectivity index (χ2v) is 6.74. The van der Waals surface area contributed by atoms with E-state index in [9.17, 15) is 4.79 Å². The number of carbonyl (C=O) groups excluding carboxylic acids is 1. The van der Waals surface area contributed by atoms with Gasteiger partial charge in [0.15, 0.2) is 11.5 Å². The molecule has 0 spiro atoms. The normalized spacial score (nSPS) is 19.8. The van der Waals surface area contributed by atoms with E-state index in [4.69, 9.17) is 14.7 Å². The third-order valence-corrected chi connectivity index (χ3v) is 4.67. The van der Waals surface area contributed by atoms with Crippen LogP contribution in [0.4, 0.5) is 0 Å². The third-order valence-electron chi connectivity index (χ3n) is 4.67. The molecule has 6 nitrogen and oxygen atoms in total. The number of nitrogens with zero attached hydrogens (tertiary/aromatic N) is 3. The molecule has 1 fully saturated rings. The van der Waals surface area contributed by atoms with Crippen LogP contribution in [0, 0.1) is 17.2 Å². The summed E-state index contributed by atoms with van der Waals surface area (Å²) in [5.41, 5.74) is 0.526. The molecule has 1 heterocycles. The van der Waals surface area contributed by atoms with Crippen molar-refractivity contribution in [2.45, 2.75) is 25.8 Å². The molecule has 25 heavy (non-hydrogen) atoms. The Kier molecular flexibility index (Phi) is 6.65. The number of amides is 1. The van der Waals surface area contributed by atoms with E-state index >= 15 is 0 Å². The molecule has 0 N–H and O–H groups in total. The maximum atomic E-state index is 12.4. The molecule has 0 bridgehead atoms. The second-order valence-electron chi connectivity index (χ2n) is 6.74. The van der Waals surface area contributed by atoms with Crippen molar-refractivity contribution in [3.8, 4) is 17.6 Å². The molecule has 136 valence electrons. The van der Waals surface area contributed by atoms with E-state index in [1.165, 1.54) is 0 Å². The van der Waals surface area contributed by atoms with Crippen LogP contribution in [-0.2, 0) is 4.79 Å². The van der Waals surface area contributed by atoms with Gasteiger partial charge >= 0.3 is 0 Å². The number of likely N-dealkylation sites (N-methyl/N-ethyl adjacent to an activating group) is 1. The molecular weight excluding hydrogens is 318 g/mol. The van der Waals surface area contributed by atoms with Gasteiger partial charge in [0.25, 0.3) is 0 Å². The first-order chi connectivity index (χ1) is 12.0. The average molecular weight is 345 g/mol. The molecule has 1 aromatic carbocycles. The van der Waals surface area contributed by atoms with Crippen LogP contribution in [0.1, 0.15) is 25.3 Å². The van der Waals surface area contributed by atoms with Crippen molar-refractivity contribution in [3.63, 3.8) is 0 Å². The minimum atomic E-state index is 0.187. The van der Waals surface area contributed by atoms with E-state index < -0.39 is 0 Å². The molecule has 0 saturated carbocycles. The highest BCUT2D eigenvalue weighted by molar-refractivity contribution is 5.76. The lowest BCUT2D eigenvalue weighted by atomic mass is 10.1. The van der Waals surface area contributed by atoms with Gasteiger partial charge in [-0.15, -0.1) is 0 Å². The standard InChI is InChI=1S/C19H27N3O3/c1-14-12-22(13-16(14)21(2)3)19(23)6-5-9-25-17-8-7-15(11-20)10-18(17)24-4/h7-8,10,14,16H,5-6,9,12-13H2,1-4H3/t14-,16-/m1/s1. The van der Waals surface area contributed by atoms with Gasteiger partial charge in [-0.3, -0.25) is 4.79 Å². The van der Waals surface area contributed by atoms with Crippen molar-refractivity contribution in [2.75, 3.05) is 40.9 Å². The number of ether oxygens (including phenoxy) is 2. The summed E-state index contributed by atoms with van der Waals surface area (Å²) in [6.45, 7) is 4.26. The Morgan fingerprint density at radius 1 is 1.36 bits per heavy atom. The van der Waals surface area contributed by atoms with Gasteiger partial charge in [0.1, 0.15) is 0 Å². The van der Waals surface area contributed by atoms with Gasteiger partial charge in [-0.05, 0) is 38.6 Å². The number of likely N-dealkylation sites (tertiary alicyclic amines) is 1. The molecule has 1 aromatic rings. The minimum absolute atomic E-state index is 0.187. The van der Waals surface area contributed by atoms with Gasteiger partial charge in [0, 0.05) is 31.6 Å². The maximum Gasteiger partial charge on any atom is 0.222 e. The molecule has 0 radical (unpaired) electrons. The number of hydrogen-bond acceptors (Lipinski definition) is 5. The average Bonchev–Trinajstić information content (AvgIpc) is 3.00. The van der Waals surface area contributed by atoms with E-state index in [1.54, 1.807) is 25.3 Å². The summed E-state index contributed by atoms with van der Waals surface area (Å²) in [6, 6.07) is 7.56. The summed E-state index contributed by atoms with van der Waals surface area (Å²) < 4.78 is 10.9. The predicted octanol–water partition coefficient (Wildman–Crippen LogP) is 2.13. The van der Waals surface area contributed by atoms with Crippen LogP contribution in [0.2, 0.25) is 0 Å². The summed E-state index contributed by atoms with van der Waals surface area (Å²) in [7, 11) is 5.67. The van der Waals surface area contributed by atoms with E-state index in [1.807, 2.05) is 4.90 Å². The van der Waals surface area contributed by atoms with Gasteiger partial charge in [0.05, 0.1) is 25.3 Å². The fourth-order valence-electron chi connectivity index (χ4n) is 3.25. The van der Waals surface area contributed by atoms with Crippen molar-refractivity contribution >= 4 is 5.91 Å². The molecule has 2 atom stereocenters. The third kappa shape index (κ3) is 4.86. The monoisotopic (exact) mass is 345 g/mol. The topological polar surface area (TPSA) is 65.8 Å². The number of hydrogen-bond donors (Lipinski definition) is 0. The molecule has 1 aliphatic heterocycles. The predicted molar refractivity (Wildman–Crippen MR) is 95.7 cm³/mol. The van der Waals surface area contributed by atoms with Gasteiger partial charge in [-0.1, -0.05) is 6.92 Å². The Balaban J connectivity index is 1.78. The van der Waals surface area contributed by atoms with Crippen molar-refractivity contribution in [1.29, 1.82) is 5.26 Å². The molecule has 6 heteroatoms. The van der Waals surface area contributed by atoms with Crippen molar-refractivity contribution in [1.82, 2.24) is 9.80 Å². The zero-order valence-electron chi connectivity index (χ0n) is 15.5. The van der Waals surface area contributed by atoms with Crippen LogP contribution in [0.25, 0.3) is 0 Å². The fraction of sp³-hybridized carbons (Fsp3) is 0.579. The zero-order valence-corrected chi connectivity index (χ0v) is 15.5. The fourth-order valence-corrected chi connectivity index (χ4v) is 3.25. The van der Waals surface area contributed by atoms with Crippen LogP contribution in [0.3, 0.4) is 0 Å². The molecule has 1 amide bonds. The van der Waals surface area contributed by atoms with Gasteiger partial charge in [0.2, 0.25) is 5.91 Å². The Labute approximate surface area is 149 Å². The highest BCUT2D eigenvalue weighted by atomic mass is 16.5. The Hall–Kier alpha value is -2.26. The molecular formula is C19H27N3O3. The van der Waals surface area contributed by atoms with Crippen LogP contribution >= 0.6 is 0 Å². The summed E-state index contributed by atoms with van der Waals surface area (Å²) in [5.74, 6) is 1.81.